The topological polar surface area (TPSA) is 0 Å². The van der Waals surface area contributed by atoms with Crippen LogP contribution >= 0.6 is 0 Å². The fourth-order valence-electron chi connectivity index (χ4n) is 10.4. The lowest BCUT2D eigenvalue weighted by molar-refractivity contribution is 0.659. The number of hydrogen-bond donors (Lipinski definition) is 0. The van der Waals surface area contributed by atoms with Crippen LogP contribution in [0.4, 0.5) is 0 Å². The fraction of sp³-hybridized carbons (Fsp3) is 0.0943. The zero-order chi connectivity index (χ0) is 35.3. The molecule has 0 N–H and O–H groups in total. The molecule has 0 heterocycles. The predicted molar refractivity (Wildman–Crippen MR) is 220 cm³/mol. The Morgan fingerprint density at radius 1 is 0.321 bits per heavy atom. The molecule has 0 saturated carbocycles. The van der Waals surface area contributed by atoms with E-state index in [0.29, 0.717) is 0 Å². The Morgan fingerprint density at radius 3 is 1.28 bits per heavy atom. The van der Waals surface area contributed by atoms with E-state index in [9.17, 15) is 0 Å². The van der Waals surface area contributed by atoms with Crippen LogP contribution in [0.2, 0.25) is 0 Å². The fourth-order valence-corrected chi connectivity index (χ4v) is 10.4. The van der Waals surface area contributed by atoms with Crippen molar-refractivity contribution in [3.8, 4) is 44.5 Å². The number of rotatable bonds is 4. The highest BCUT2D eigenvalue weighted by Crippen LogP contribution is 2.63. The maximum Gasteiger partial charge on any atom is 0.0725 e. The van der Waals surface area contributed by atoms with Gasteiger partial charge in [0, 0.05) is 11.3 Å². The molecule has 3 aliphatic rings. The van der Waals surface area contributed by atoms with Gasteiger partial charge in [0.25, 0.3) is 0 Å². The summed E-state index contributed by atoms with van der Waals surface area (Å²) in [4.78, 5) is 0. The molecule has 0 fully saturated rings. The highest BCUT2D eigenvalue weighted by molar-refractivity contribution is 5.95. The lowest BCUT2D eigenvalue weighted by atomic mass is 9.69. The smallest absolute Gasteiger partial charge is 0.0622 e. The minimum atomic E-state index is -0.389. The van der Waals surface area contributed by atoms with E-state index < -0.39 is 0 Å². The summed E-state index contributed by atoms with van der Waals surface area (Å²) < 4.78 is 0. The molecule has 0 bridgehead atoms. The van der Waals surface area contributed by atoms with Crippen molar-refractivity contribution in [2.24, 2.45) is 0 Å². The van der Waals surface area contributed by atoms with E-state index >= 15 is 0 Å². The van der Waals surface area contributed by atoms with Crippen LogP contribution in [0.25, 0.3) is 44.5 Å². The predicted octanol–water partition coefficient (Wildman–Crippen LogP) is 13.2. The molecule has 8 aromatic carbocycles. The number of benzene rings is 8. The van der Waals surface area contributed by atoms with Crippen LogP contribution in [0.15, 0.2) is 188 Å². The van der Waals surface area contributed by atoms with Gasteiger partial charge in [0.05, 0.1) is 5.41 Å². The van der Waals surface area contributed by atoms with Crippen LogP contribution in [0, 0.1) is 0 Å². The Labute approximate surface area is 312 Å². The van der Waals surface area contributed by atoms with Gasteiger partial charge in [-0.25, -0.2) is 0 Å². The standard InChI is InChI=1S/C53H38/c1-52(2)45-24-12-8-19-38(45)42-30-28-35(32-49(42)52)51(44-23-7-6-18-37(44)34-16-4-3-5-17-34)36-29-31-43-41-22-11-15-27-48(41)53(50(43)33-36)46-25-13-9-20-39(46)40-21-10-14-26-47(40)53/h3-33,51H,1-2H3. The largest absolute Gasteiger partial charge is 0.0725 e. The average Bonchev–Trinajstić information content (AvgIpc) is 3.77. The summed E-state index contributed by atoms with van der Waals surface area (Å²) in [7, 11) is 0. The first kappa shape index (κ1) is 30.4. The Bertz CT molecular complexity index is 2700. The summed E-state index contributed by atoms with van der Waals surface area (Å²) in [5.41, 5.74) is 22.4. The quantitative estimate of drug-likeness (QED) is 0.163. The van der Waals surface area contributed by atoms with Crippen molar-refractivity contribution < 1.29 is 0 Å². The van der Waals surface area contributed by atoms with Gasteiger partial charge < -0.3 is 0 Å². The second kappa shape index (κ2) is 11.1. The van der Waals surface area contributed by atoms with Crippen molar-refractivity contribution in [1.29, 1.82) is 0 Å². The summed E-state index contributed by atoms with van der Waals surface area (Å²) >= 11 is 0. The van der Waals surface area contributed by atoms with E-state index in [1.165, 1.54) is 94.6 Å². The third-order valence-electron chi connectivity index (χ3n) is 12.7. The Hall–Kier alpha value is -6.24. The minimum absolute atomic E-state index is 0.00849. The highest BCUT2D eigenvalue weighted by atomic mass is 14.5. The van der Waals surface area contributed by atoms with E-state index in [4.69, 9.17) is 0 Å². The van der Waals surface area contributed by atoms with Crippen molar-refractivity contribution >= 4 is 0 Å². The molecule has 8 aromatic rings. The summed E-state index contributed by atoms with van der Waals surface area (Å²) in [6.07, 6.45) is 0. The molecule has 1 spiro atoms. The third-order valence-corrected chi connectivity index (χ3v) is 12.7. The molecular formula is C53H38. The minimum Gasteiger partial charge on any atom is -0.0622 e. The molecule has 1 atom stereocenters. The van der Waals surface area contributed by atoms with Crippen LogP contribution in [-0.4, -0.2) is 0 Å². The van der Waals surface area contributed by atoms with Crippen LogP contribution in [0.5, 0.6) is 0 Å². The van der Waals surface area contributed by atoms with E-state index in [1.807, 2.05) is 0 Å². The van der Waals surface area contributed by atoms with Crippen molar-refractivity contribution in [2.75, 3.05) is 0 Å². The molecular weight excluding hydrogens is 637 g/mol. The molecule has 0 heteroatoms. The van der Waals surface area contributed by atoms with E-state index in [-0.39, 0.29) is 16.7 Å². The second-order valence-electron chi connectivity index (χ2n) is 15.6. The van der Waals surface area contributed by atoms with Crippen molar-refractivity contribution in [3.63, 3.8) is 0 Å². The van der Waals surface area contributed by atoms with Crippen molar-refractivity contribution in [1.82, 2.24) is 0 Å². The molecule has 53 heavy (non-hydrogen) atoms. The first-order valence-electron chi connectivity index (χ1n) is 18.9. The maximum atomic E-state index is 2.58. The molecule has 1 unspecified atom stereocenters. The summed E-state index contributed by atoms with van der Waals surface area (Å²) in [6, 6.07) is 71.0. The lowest BCUT2D eigenvalue weighted by Gasteiger charge is -2.31. The lowest BCUT2D eigenvalue weighted by Crippen LogP contribution is -2.26. The molecule has 0 aromatic heterocycles. The van der Waals surface area contributed by atoms with Gasteiger partial charge in [0.1, 0.15) is 0 Å². The van der Waals surface area contributed by atoms with Gasteiger partial charge in [-0.3, -0.25) is 0 Å². The molecule has 250 valence electrons. The molecule has 0 saturated heterocycles. The third kappa shape index (κ3) is 4.07. The summed E-state index contributed by atoms with van der Waals surface area (Å²) in [5, 5.41) is 0. The Morgan fingerprint density at radius 2 is 0.717 bits per heavy atom. The number of hydrogen-bond acceptors (Lipinski definition) is 0. The van der Waals surface area contributed by atoms with Crippen LogP contribution in [-0.2, 0) is 10.8 Å². The summed E-state index contributed by atoms with van der Waals surface area (Å²) in [6.45, 7) is 4.78. The molecule has 0 amide bonds. The molecule has 3 aliphatic carbocycles. The van der Waals surface area contributed by atoms with Gasteiger partial charge in [-0.1, -0.05) is 202 Å². The summed E-state index contributed by atoms with van der Waals surface area (Å²) in [5.74, 6) is 0.00849. The second-order valence-corrected chi connectivity index (χ2v) is 15.6. The van der Waals surface area contributed by atoms with E-state index in [2.05, 4.69) is 202 Å². The van der Waals surface area contributed by atoms with Crippen LogP contribution in [0.3, 0.4) is 0 Å². The zero-order valence-corrected chi connectivity index (χ0v) is 30.0. The average molecular weight is 675 g/mol. The van der Waals surface area contributed by atoms with Crippen LogP contribution < -0.4 is 0 Å². The van der Waals surface area contributed by atoms with Gasteiger partial charge in [0.15, 0.2) is 0 Å². The van der Waals surface area contributed by atoms with Crippen molar-refractivity contribution in [2.45, 2.75) is 30.6 Å². The van der Waals surface area contributed by atoms with Crippen molar-refractivity contribution in [3.05, 3.63) is 238 Å². The molecule has 0 nitrogen and oxygen atoms in total. The van der Waals surface area contributed by atoms with Gasteiger partial charge in [-0.15, -0.1) is 0 Å². The monoisotopic (exact) mass is 674 g/mol. The van der Waals surface area contributed by atoms with Gasteiger partial charge in [0.2, 0.25) is 0 Å². The molecule has 0 radical (unpaired) electrons. The Balaban J connectivity index is 1.20. The van der Waals surface area contributed by atoms with Gasteiger partial charge in [-0.2, -0.15) is 0 Å². The molecule has 0 aliphatic heterocycles. The first-order valence-corrected chi connectivity index (χ1v) is 18.9. The van der Waals surface area contributed by atoms with E-state index in [1.54, 1.807) is 0 Å². The van der Waals surface area contributed by atoms with E-state index in [0.717, 1.165) is 0 Å². The van der Waals surface area contributed by atoms with Gasteiger partial charge >= 0.3 is 0 Å². The van der Waals surface area contributed by atoms with Crippen LogP contribution in [0.1, 0.15) is 69.8 Å². The SMILES string of the molecule is CC1(C)c2ccccc2-c2ccc(C(c3ccc4c(c3)C3(c5ccccc5-c5ccccc53)c3ccccc3-4)c3ccccc3-c3ccccc3)cc21. The van der Waals surface area contributed by atoms with Gasteiger partial charge in [-0.05, 0) is 94.6 Å². The zero-order valence-electron chi connectivity index (χ0n) is 30.0. The maximum absolute atomic E-state index is 2.58. The normalized spacial score (nSPS) is 15.2. The Kier molecular flexibility index (Phi) is 6.38. The molecule has 11 rings (SSSR count). The first-order chi connectivity index (χ1) is 26.1. The highest BCUT2D eigenvalue weighted by Gasteiger charge is 2.51. The number of fused-ring (bicyclic) bond motifs is 13.